The van der Waals surface area contributed by atoms with Gasteiger partial charge in [0.05, 0.1) is 18.5 Å². The highest BCUT2D eigenvalue weighted by Gasteiger charge is 2.19. The van der Waals surface area contributed by atoms with Crippen molar-refractivity contribution in [2.45, 2.75) is 12.8 Å². The molecule has 114 valence electrons. The van der Waals surface area contributed by atoms with Gasteiger partial charge in [-0.05, 0) is 17.7 Å². The topological polar surface area (TPSA) is 93.6 Å². The second-order valence-corrected chi connectivity index (χ2v) is 5.42. The van der Waals surface area contributed by atoms with E-state index in [1.54, 1.807) is 7.11 Å². The Balaban J connectivity index is 2.02. The minimum Gasteiger partial charge on any atom is -0.497 e. The number of benzene rings is 1. The summed E-state index contributed by atoms with van der Waals surface area (Å²) in [7, 11) is 1.59. The molecule has 0 bridgehead atoms. The lowest BCUT2D eigenvalue weighted by atomic mass is 10.1. The molecule has 7 heteroatoms. The maximum Gasteiger partial charge on any atom is 0.372 e. The van der Waals surface area contributed by atoms with Crippen LogP contribution in [0.4, 0.5) is 0 Å². The van der Waals surface area contributed by atoms with Gasteiger partial charge in [-0.1, -0.05) is 12.1 Å². The Morgan fingerprint density at radius 2 is 1.91 bits per heavy atom. The fourth-order valence-corrected chi connectivity index (χ4v) is 2.58. The monoisotopic (exact) mass is 319 g/mol. The minimum absolute atomic E-state index is 0.128. The number of aromatic nitrogens is 1. The molecule has 22 heavy (non-hydrogen) atoms. The number of carboxylic acid groups (broad SMARTS) is 1. The number of ketones is 2. The third-order valence-corrected chi connectivity index (χ3v) is 3.76. The summed E-state index contributed by atoms with van der Waals surface area (Å²) in [5.41, 5.74) is 1.14. The van der Waals surface area contributed by atoms with Gasteiger partial charge < -0.3 is 9.84 Å². The van der Waals surface area contributed by atoms with Gasteiger partial charge in [0.15, 0.2) is 5.78 Å². The van der Waals surface area contributed by atoms with Crippen molar-refractivity contribution < 1.29 is 24.2 Å². The number of rotatable bonds is 7. The number of ether oxygens (including phenoxy) is 1. The summed E-state index contributed by atoms with van der Waals surface area (Å²) < 4.78 is 5.07. The van der Waals surface area contributed by atoms with Gasteiger partial charge >= 0.3 is 5.97 Å². The maximum atomic E-state index is 11.8. The van der Waals surface area contributed by atoms with Gasteiger partial charge in [0.1, 0.15) is 11.4 Å². The number of nitrogens with zero attached hydrogens (tertiary/aromatic N) is 1. The third-order valence-electron chi connectivity index (χ3n) is 2.91. The van der Waals surface area contributed by atoms with Crippen molar-refractivity contribution in [3.05, 3.63) is 45.9 Å². The van der Waals surface area contributed by atoms with Gasteiger partial charge in [0.2, 0.25) is 5.78 Å². The van der Waals surface area contributed by atoms with Crippen LogP contribution >= 0.6 is 11.3 Å². The number of methoxy groups -OCH3 is 1. The van der Waals surface area contributed by atoms with E-state index in [9.17, 15) is 14.4 Å². The van der Waals surface area contributed by atoms with E-state index in [1.807, 2.05) is 24.3 Å². The van der Waals surface area contributed by atoms with Crippen LogP contribution in [0.15, 0.2) is 29.6 Å². The summed E-state index contributed by atoms with van der Waals surface area (Å²) in [6, 6.07) is 7.46. The van der Waals surface area contributed by atoms with Crippen LogP contribution in [0.1, 0.15) is 27.5 Å². The summed E-state index contributed by atoms with van der Waals surface area (Å²) in [6.45, 7) is 0. The number of carboxylic acids is 1. The molecule has 6 nitrogen and oxygen atoms in total. The fraction of sp³-hybridized carbons (Fsp3) is 0.200. The summed E-state index contributed by atoms with van der Waals surface area (Å²) >= 11 is 1.30. The standard InChI is InChI=1S/C15H13NO5S/c1-21-10-4-2-9(3-5-10)6-14-16-11(8-22-14)12(17)7-13(18)15(19)20/h2-5,8H,6-7H2,1H3,(H,19,20). The molecule has 1 aromatic heterocycles. The number of hydrogen-bond acceptors (Lipinski definition) is 6. The number of Topliss-reactive ketones (excluding diaryl/α,β-unsaturated/α-hetero) is 2. The normalized spacial score (nSPS) is 10.2. The third kappa shape index (κ3) is 3.98. The van der Waals surface area contributed by atoms with Crippen molar-refractivity contribution in [2.24, 2.45) is 0 Å². The smallest absolute Gasteiger partial charge is 0.372 e. The van der Waals surface area contributed by atoms with Crippen molar-refractivity contribution in [3.63, 3.8) is 0 Å². The Labute approximate surface area is 130 Å². The molecule has 0 amide bonds. The molecular formula is C15H13NO5S. The second kappa shape index (κ2) is 6.95. The van der Waals surface area contributed by atoms with E-state index in [4.69, 9.17) is 9.84 Å². The summed E-state index contributed by atoms with van der Waals surface area (Å²) in [6.07, 6.45) is -0.115. The largest absolute Gasteiger partial charge is 0.497 e. The number of aliphatic carboxylic acids is 1. The van der Waals surface area contributed by atoms with Crippen molar-refractivity contribution in [3.8, 4) is 5.75 Å². The summed E-state index contributed by atoms with van der Waals surface area (Å²) in [5.74, 6) is -2.56. The van der Waals surface area contributed by atoms with Crippen LogP contribution < -0.4 is 4.74 Å². The van der Waals surface area contributed by atoms with Gasteiger partial charge in [-0.15, -0.1) is 11.3 Å². The van der Waals surface area contributed by atoms with Gasteiger partial charge in [-0.25, -0.2) is 9.78 Å². The average Bonchev–Trinajstić information content (AvgIpc) is 2.96. The van der Waals surface area contributed by atoms with Gasteiger partial charge in [-0.3, -0.25) is 9.59 Å². The lowest BCUT2D eigenvalue weighted by Gasteiger charge is -2.01. The van der Waals surface area contributed by atoms with Crippen molar-refractivity contribution in [2.75, 3.05) is 7.11 Å². The van der Waals surface area contributed by atoms with E-state index in [1.165, 1.54) is 16.7 Å². The van der Waals surface area contributed by atoms with Crippen molar-refractivity contribution in [1.29, 1.82) is 0 Å². The number of carbonyl (C=O) groups is 3. The molecule has 0 atom stereocenters. The quantitative estimate of drug-likeness (QED) is 0.476. The highest BCUT2D eigenvalue weighted by Crippen LogP contribution is 2.18. The van der Waals surface area contributed by atoms with E-state index >= 15 is 0 Å². The lowest BCUT2D eigenvalue weighted by molar-refractivity contribution is -0.148. The minimum atomic E-state index is -1.61. The molecule has 0 spiro atoms. The maximum absolute atomic E-state index is 11.8. The van der Waals surface area contributed by atoms with E-state index in [0.29, 0.717) is 6.42 Å². The van der Waals surface area contributed by atoms with Gasteiger partial charge in [0, 0.05) is 11.8 Å². The number of carbonyl (C=O) groups excluding carboxylic acids is 2. The zero-order valence-corrected chi connectivity index (χ0v) is 12.6. The molecule has 2 rings (SSSR count). The first kappa shape index (κ1) is 15.8. The van der Waals surface area contributed by atoms with Gasteiger partial charge in [-0.2, -0.15) is 0 Å². The molecule has 0 aliphatic heterocycles. The van der Waals surface area contributed by atoms with Crippen LogP contribution in [0.3, 0.4) is 0 Å². The average molecular weight is 319 g/mol. The Morgan fingerprint density at radius 3 is 2.50 bits per heavy atom. The van der Waals surface area contributed by atoms with E-state index in [0.717, 1.165) is 16.3 Å². The molecule has 2 aromatic rings. The predicted molar refractivity (Wildman–Crippen MR) is 79.5 cm³/mol. The molecular weight excluding hydrogens is 306 g/mol. The van der Waals surface area contributed by atoms with E-state index in [2.05, 4.69) is 4.98 Å². The Bertz CT molecular complexity index is 705. The molecule has 0 aliphatic rings. The van der Waals surface area contributed by atoms with Crippen LogP contribution in [-0.2, 0) is 16.0 Å². The zero-order chi connectivity index (χ0) is 16.1. The molecule has 0 saturated carbocycles. The first-order valence-corrected chi connectivity index (χ1v) is 7.24. The lowest BCUT2D eigenvalue weighted by Crippen LogP contribution is -2.17. The second-order valence-electron chi connectivity index (χ2n) is 4.48. The zero-order valence-electron chi connectivity index (χ0n) is 11.7. The molecule has 0 unspecified atom stereocenters. The van der Waals surface area contributed by atoms with Crippen LogP contribution in [0.2, 0.25) is 0 Å². The Morgan fingerprint density at radius 1 is 1.23 bits per heavy atom. The molecule has 1 aromatic carbocycles. The molecule has 0 radical (unpaired) electrons. The van der Waals surface area contributed by atoms with Crippen molar-refractivity contribution in [1.82, 2.24) is 4.98 Å². The Hall–Kier alpha value is -2.54. The fourth-order valence-electron chi connectivity index (χ4n) is 1.75. The Kier molecular flexibility index (Phi) is 5.00. The van der Waals surface area contributed by atoms with Crippen LogP contribution in [0.25, 0.3) is 0 Å². The van der Waals surface area contributed by atoms with E-state index in [-0.39, 0.29) is 5.69 Å². The molecule has 0 aliphatic carbocycles. The summed E-state index contributed by atoms with van der Waals surface area (Å²) in [4.78, 5) is 37.4. The molecule has 0 saturated heterocycles. The first-order chi connectivity index (χ1) is 10.5. The number of hydrogen-bond donors (Lipinski definition) is 1. The highest BCUT2D eigenvalue weighted by molar-refractivity contribution is 7.09. The first-order valence-electron chi connectivity index (χ1n) is 6.36. The van der Waals surface area contributed by atoms with Crippen LogP contribution in [0, 0.1) is 0 Å². The molecule has 1 N–H and O–H groups in total. The predicted octanol–water partition coefficient (Wildman–Crippen LogP) is 1.97. The van der Waals surface area contributed by atoms with E-state index < -0.39 is 24.0 Å². The van der Waals surface area contributed by atoms with Crippen molar-refractivity contribution >= 4 is 28.9 Å². The number of thiazole rings is 1. The van der Waals surface area contributed by atoms with Gasteiger partial charge in [0.25, 0.3) is 0 Å². The SMILES string of the molecule is COc1ccc(Cc2nc(C(=O)CC(=O)C(=O)O)cs2)cc1. The molecule has 0 fully saturated rings. The van der Waals surface area contributed by atoms with Crippen LogP contribution in [-0.4, -0.2) is 34.7 Å². The van der Waals surface area contributed by atoms with Crippen LogP contribution in [0.5, 0.6) is 5.75 Å². The highest BCUT2D eigenvalue weighted by atomic mass is 32.1. The molecule has 1 heterocycles. The summed E-state index contributed by atoms with van der Waals surface area (Å²) in [5, 5.41) is 10.7.